The van der Waals surface area contributed by atoms with Crippen molar-refractivity contribution in [2.24, 2.45) is 0 Å². The van der Waals surface area contributed by atoms with Crippen LogP contribution in [0, 0.1) is 6.92 Å². The highest BCUT2D eigenvalue weighted by Crippen LogP contribution is 2.35. The van der Waals surface area contributed by atoms with Gasteiger partial charge in [-0.1, -0.05) is 40.5 Å². The Morgan fingerprint density at radius 2 is 1.80 bits per heavy atom. The van der Waals surface area contributed by atoms with E-state index in [2.05, 4.69) is 26.3 Å². The number of nitrogens with two attached hydrogens (primary N) is 1. The molecule has 0 radical (unpaired) electrons. The summed E-state index contributed by atoms with van der Waals surface area (Å²) in [4.78, 5) is 12.5. The fourth-order valence-corrected chi connectivity index (χ4v) is 5.56. The number of carbonyl (C=O) groups excluding carboxylic acids is 1. The van der Waals surface area contributed by atoms with Crippen molar-refractivity contribution in [2.45, 2.75) is 35.2 Å². The van der Waals surface area contributed by atoms with Crippen LogP contribution in [0.2, 0.25) is 0 Å². The summed E-state index contributed by atoms with van der Waals surface area (Å²) in [6, 6.07) is 13.7. The number of amides is 1. The first-order valence-corrected chi connectivity index (χ1v) is 12.3. The maximum absolute atomic E-state index is 13.2. The molecule has 0 fully saturated rings. The van der Waals surface area contributed by atoms with Crippen LogP contribution in [-0.2, 0) is 21.2 Å². The molecular weight excluding hydrogens is 488 g/mol. The van der Waals surface area contributed by atoms with Gasteiger partial charge in [0, 0.05) is 10.2 Å². The molecule has 30 heavy (non-hydrogen) atoms. The lowest BCUT2D eigenvalue weighted by Crippen LogP contribution is -2.21. The molecule has 158 valence electrons. The Bertz CT molecular complexity index is 1160. The van der Waals surface area contributed by atoms with E-state index in [9.17, 15) is 13.2 Å². The van der Waals surface area contributed by atoms with Gasteiger partial charge < -0.3 is 11.1 Å². The number of nitrogens with zero attached hydrogens (tertiary/aromatic N) is 2. The zero-order valence-electron chi connectivity index (χ0n) is 16.4. The third kappa shape index (κ3) is 4.88. The van der Waals surface area contributed by atoms with Gasteiger partial charge in [0.2, 0.25) is 15.7 Å². The lowest BCUT2D eigenvalue weighted by molar-refractivity contribution is -0.116. The number of nitrogens with one attached hydrogen (secondary N) is 1. The second-order valence-electron chi connectivity index (χ2n) is 6.48. The number of aryl methyl sites for hydroxylation is 1. The number of hydrogen-bond donors (Lipinski definition) is 2. The lowest BCUT2D eigenvalue weighted by Gasteiger charge is -2.08. The molecule has 0 atom stereocenters. The van der Waals surface area contributed by atoms with Gasteiger partial charge in [0.25, 0.3) is 0 Å². The van der Waals surface area contributed by atoms with Crippen LogP contribution in [0.4, 0.5) is 11.5 Å². The predicted molar refractivity (Wildman–Crippen MR) is 122 cm³/mol. The van der Waals surface area contributed by atoms with Gasteiger partial charge in [0.1, 0.15) is 22.3 Å². The molecule has 1 aromatic heterocycles. The number of aromatic nitrogens is 2. The van der Waals surface area contributed by atoms with E-state index in [-0.39, 0.29) is 33.1 Å². The summed E-state index contributed by atoms with van der Waals surface area (Å²) in [5.41, 5.74) is 7.74. The molecule has 3 N–H and O–H groups in total. The second-order valence-corrected chi connectivity index (χ2v) is 10.5. The van der Waals surface area contributed by atoms with Crippen molar-refractivity contribution in [2.75, 3.05) is 16.8 Å². The molecule has 0 saturated heterocycles. The van der Waals surface area contributed by atoms with Gasteiger partial charge in [0.05, 0.1) is 4.90 Å². The molecular formula is C20H21BrN4O3S2. The molecule has 0 spiro atoms. The van der Waals surface area contributed by atoms with Crippen LogP contribution in [0.5, 0.6) is 0 Å². The molecule has 1 amide bonds. The third-order valence-corrected chi connectivity index (χ3v) is 7.56. The van der Waals surface area contributed by atoms with Crippen molar-refractivity contribution < 1.29 is 13.2 Å². The summed E-state index contributed by atoms with van der Waals surface area (Å²) in [5.74, 6) is 0.189. The van der Waals surface area contributed by atoms with Crippen LogP contribution in [0.15, 0.2) is 67.8 Å². The highest BCUT2D eigenvalue weighted by molar-refractivity contribution is 9.10. The molecule has 0 unspecified atom stereocenters. The van der Waals surface area contributed by atoms with E-state index in [0.29, 0.717) is 11.4 Å². The van der Waals surface area contributed by atoms with Gasteiger partial charge in [-0.05, 0) is 49.1 Å². The van der Waals surface area contributed by atoms with Crippen LogP contribution < -0.4 is 11.1 Å². The van der Waals surface area contributed by atoms with E-state index in [0.717, 1.165) is 10.0 Å². The van der Waals surface area contributed by atoms with Gasteiger partial charge >= 0.3 is 0 Å². The van der Waals surface area contributed by atoms with E-state index in [1.807, 2.05) is 13.8 Å². The number of benzene rings is 2. The minimum atomic E-state index is -3.88. The molecule has 0 aliphatic carbocycles. The number of anilines is 2. The summed E-state index contributed by atoms with van der Waals surface area (Å²) in [6.07, 6.45) is 0. The highest BCUT2D eigenvalue weighted by Gasteiger charge is 2.30. The van der Waals surface area contributed by atoms with Crippen molar-refractivity contribution in [1.82, 2.24) is 9.78 Å². The van der Waals surface area contributed by atoms with Gasteiger partial charge in [-0.15, -0.1) is 11.8 Å². The summed E-state index contributed by atoms with van der Waals surface area (Å²) in [6.45, 7) is 3.57. The molecule has 0 bridgehead atoms. The number of rotatable bonds is 7. The van der Waals surface area contributed by atoms with Crippen LogP contribution in [-0.4, -0.2) is 29.9 Å². The molecule has 1 heterocycles. The molecule has 0 aliphatic heterocycles. The molecule has 7 nitrogen and oxygen atoms in total. The maximum Gasteiger partial charge on any atom is 0.246 e. The van der Waals surface area contributed by atoms with Gasteiger partial charge in [0.15, 0.2) is 0 Å². The summed E-state index contributed by atoms with van der Waals surface area (Å²) in [5, 5.41) is 7.35. The van der Waals surface area contributed by atoms with Crippen molar-refractivity contribution in [3.8, 4) is 0 Å². The van der Waals surface area contributed by atoms with Crippen LogP contribution in [0.1, 0.15) is 12.5 Å². The Labute approximate surface area is 188 Å². The predicted octanol–water partition coefficient (Wildman–Crippen LogP) is 4.12. The smallest absolute Gasteiger partial charge is 0.246 e. The molecule has 0 aliphatic rings. The molecule has 3 rings (SSSR count). The highest BCUT2D eigenvalue weighted by atomic mass is 79.9. The molecule has 0 saturated carbocycles. The quantitative estimate of drug-likeness (QED) is 0.464. The normalized spacial score (nSPS) is 11.4. The summed E-state index contributed by atoms with van der Waals surface area (Å²) in [7, 11) is -3.88. The van der Waals surface area contributed by atoms with Gasteiger partial charge in [-0.2, -0.15) is 5.10 Å². The van der Waals surface area contributed by atoms with E-state index >= 15 is 0 Å². The minimum absolute atomic E-state index is 0.0579. The zero-order chi connectivity index (χ0) is 21.9. The van der Waals surface area contributed by atoms with E-state index in [4.69, 9.17) is 5.73 Å². The monoisotopic (exact) mass is 508 g/mol. The van der Waals surface area contributed by atoms with Crippen molar-refractivity contribution in [3.63, 3.8) is 0 Å². The average Bonchev–Trinajstić information content (AvgIpc) is 3.00. The van der Waals surface area contributed by atoms with Crippen LogP contribution in [0.25, 0.3) is 0 Å². The first-order chi connectivity index (χ1) is 14.2. The summed E-state index contributed by atoms with van der Waals surface area (Å²) >= 11 is 4.61. The van der Waals surface area contributed by atoms with Crippen LogP contribution in [0.3, 0.4) is 0 Å². The Balaban J connectivity index is 1.92. The number of carbonyl (C=O) groups is 1. The van der Waals surface area contributed by atoms with E-state index in [1.165, 1.54) is 16.4 Å². The molecule has 10 heteroatoms. The SMILES string of the molecule is CCSc1nn(CC(=O)Nc2ccc(Br)cc2)c(N)c1S(=O)(=O)c1ccc(C)cc1. The third-order valence-electron chi connectivity index (χ3n) is 4.22. The zero-order valence-corrected chi connectivity index (χ0v) is 19.6. The number of nitrogen functional groups attached to an aromatic ring is 1. The maximum atomic E-state index is 13.2. The second kappa shape index (κ2) is 9.23. The Kier molecular flexibility index (Phi) is 6.89. The van der Waals surface area contributed by atoms with Gasteiger partial charge in [-0.25, -0.2) is 13.1 Å². The van der Waals surface area contributed by atoms with Crippen molar-refractivity contribution >= 4 is 54.9 Å². The number of sulfone groups is 1. The first kappa shape index (κ1) is 22.4. The molecule has 2 aromatic carbocycles. The first-order valence-electron chi connectivity index (χ1n) is 9.08. The Morgan fingerprint density at radius 3 is 2.40 bits per heavy atom. The van der Waals surface area contributed by atoms with Crippen molar-refractivity contribution in [3.05, 3.63) is 58.6 Å². The molecule has 3 aromatic rings. The number of halogens is 1. The fraction of sp³-hybridized carbons (Fsp3) is 0.200. The van der Waals surface area contributed by atoms with Crippen molar-refractivity contribution in [1.29, 1.82) is 0 Å². The number of thioether (sulfide) groups is 1. The number of hydrogen-bond acceptors (Lipinski definition) is 6. The lowest BCUT2D eigenvalue weighted by atomic mass is 10.2. The average molecular weight is 509 g/mol. The van der Waals surface area contributed by atoms with E-state index < -0.39 is 9.84 Å². The topological polar surface area (TPSA) is 107 Å². The minimum Gasteiger partial charge on any atom is -0.383 e. The largest absolute Gasteiger partial charge is 0.383 e. The fourth-order valence-electron chi connectivity index (χ4n) is 2.74. The Morgan fingerprint density at radius 1 is 1.17 bits per heavy atom. The standard InChI is InChI=1S/C20H21BrN4O3S2/c1-3-29-20-18(30(27,28)16-10-4-13(2)5-11-16)19(22)25(24-20)12-17(26)23-15-8-6-14(21)7-9-15/h4-11H,3,12,22H2,1-2H3,(H,23,26). The van der Waals surface area contributed by atoms with Crippen LogP contribution >= 0.6 is 27.7 Å². The summed E-state index contributed by atoms with van der Waals surface area (Å²) < 4.78 is 28.6. The Hall–Kier alpha value is -2.30. The van der Waals surface area contributed by atoms with Gasteiger partial charge in [-0.3, -0.25) is 4.79 Å². The van der Waals surface area contributed by atoms with E-state index in [1.54, 1.807) is 48.5 Å².